The number of nitrogens with one attached hydrogen (secondary N) is 1. The number of amides is 2. The fourth-order valence-electron chi connectivity index (χ4n) is 2.03. The number of fused-ring (bicyclic) bond motifs is 1. The number of aromatic nitrogens is 1. The molecule has 1 aromatic rings. The highest BCUT2D eigenvalue weighted by molar-refractivity contribution is 7.17. The SMILES string of the molecule is CON(C)C(=O)Nc1nc2c(s1)C(=O)CC(C)(C)C2. The van der Waals surface area contributed by atoms with E-state index in [0.717, 1.165) is 17.2 Å². The van der Waals surface area contributed by atoms with Crippen molar-refractivity contribution in [3.63, 3.8) is 0 Å². The molecule has 1 heterocycles. The lowest BCUT2D eigenvalue weighted by Crippen LogP contribution is -2.30. The van der Waals surface area contributed by atoms with Crippen LogP contribution in [0.4, 0.5) is 9.93 Å². The summed E-state index contributed by atoms with van der Waals surface area (Å²) in [6, 6.07) is -0.416. The van der Waals surface area contributed by atoms with Gasteiger partial charge in [0.15, 0.2) is 10.9 Å². The summed E-state index contributed by atoms with van der Waals surface area (Å²) in [7, 11) is 2.90. The molecule has 7 heteroatoms. The van der Waals surface area contributed by atoms with E-state index in [1.165, 1.54) is 25.5 Å². The van der Waals surface area contributed by atoms with Crippen molar-refractivity contribution in [2.24, 2.45) is 5.41 Å². The normalized spacial score (nSPS) is 16.9. The standard InChI is InChI=1S/C12H17N3O3S/c1-12(2)5-7-9(8(16)6-12)19-10(13-7)14-11(17)15(3)18-4/h5-6H2,1-4H3,(H,13,14,17). The fraction of sp³-hybridized carbons (Fsp3) is 0.583. The predicted molar refractivity (Wildman–Crippen MR) is 72.3 cm³/mol. The molecular formula is C12H17N3O3S. The Morgan fingerprint density at radius 1 is 1.47 bits per heavy atom. The van der Waals surface area contributed by atoms with Gasteiger partial charge in [-0.05, 0) is 11.8 Å². The Morgan fingerprint density at radius 2 is 2.16 bits per heavy atom. The average molecular weight is 283 g/mol. The first-order chi connectivity index (χ1) is 8.82. The minimum atomic E-state index is -0.416. The van der Waals surface area contributed by atoms with Gasteiger partial charge < -0.3 is 0 Å². The third-order valence-electron chi connectivity index (χ3n) is 3.01. The zero-order valence-corrected chi connectivity index (χ0v) is 12.3. The predicted octanol–water partition coefficient (Wildman–Crippen LogP) is 2.32. The van der Waals surface area contributed by atoms with E-state index in [0.29, 0.717) is 16.4 Å². The van der Waals surface area contributed by atoms with Gasteiger partial charge in [-0.3, -0.25) is 14.9 Å². The van der Waals surface area contributed by atoms with E-state index >= 15 is 0 Å². The van der Waals surface area contributed by atoms with Gasteiger partial charge in [-0.1, -0.05) is 25.2 Å². The summed E-state index contributed by atoms with van der Waals surface area (Å²) in [5, 5.41) is 4.11. The maximum atomic E-state index is 12.0. The van der Waals surface area contributed by atoms with Crippen LogP contribution < -0.4 is 5.32 Å². The molecule has 0 aliphatic heterocycles. The number of carbonyl (C=O) groups is 2. The molecule has 0 bridgehead atoms. The average Bonchev–Trinajstić information content (AvgIpc) is 2.68. The number of hydrogen-bond donors (Lipinski definition) is 1. The van der Waals surface area contributed by atoms with E-state index in [1.807, 2.05) is 13.8 Å². The molecule has 0 unspecified atom stereocenters. The van der Waals surface area contributed by atoms with Crippen molar-refractivity contribution < 1.29 is 14.4 Å². The summed E-state index contributed by atoms with van der Waals surface area (Å²) in [5.74, 6) is 0.101. The van der Waals surface area contributed by atoms with Crippen LogP contribution >= 0.6 is 11.3 Å². The maximum absolute atomic E-state index is 12.0. The van der Waals surface area contributed by atoms with Gasteiger partial charge in [0.1, 0.15) is 0 Å². The number of hydrogen-bond acceptors (Lipinski definition) is 5. The summed E-state index contributed by atoms with van der Waals surface area (Å²) in [5.41, 5.74) is 0.713. The maximum Gasteiger partial charge on any atom is 0.347 e. The van der Waals surface area contributed by atoms with Gasteiger partial charge in [0.05, 0.1) is 17.7 Å². The lowest BCUT2D eigenvalue weighted by molar-refractivity contribution is -0.0598. The largest absolute Gasteiger partial charge is 0.347 e. The highest BCUT2D eigenvalue weighted by Gasteiger charge is 2.34. The van der Waals surface area contributed by atoms with Crippen LogP contribution in [0.25, 0.3) is 0 Å². The Kier molecular flexibility index (Phi) is 3.60. The van der Waals surface area contributed by atoms with E-state index in [9.17, 15) is 9.59 Å². The van der Waals surface area contributed by atoms with Crippen molar-refractivity contribution in [3.05, 3.63) is 10.6 Å². The molecule has 1 aliphatic carbocycles. The van der Waals surface area contributed by atoms with Crippen molar-refractivity contribution >= 4 is 28.3 Å². The van der Waals surface area contributed by atoms with Gasteiger partial charge in [-0.25, -0.2) is 14.8 Å². The van der Waals surface area contributed by atoms with Crippen LogP contribution in [0, 0.1) is 5.41 Å². The first-order valence-electron chi connectivity index (χ1n) is 5.94. The number of urea groups is 1. The van der Waals surface area contributed by atoms with Crippen LogP contribution in [0.5, 0.6) is 0 Å². The molecule has 0 radical (unpaired) electrons. The smallest absolute Gasteiger partial charge is 0.293 e. The van der Waals surface area contributed by atoms with E-state index < -0.39 is 6.03 Å². The van der Waals surface area contributed by atoms with Crippen molar-refractivity contribution in [3.8, 4) is 0 Å². The van der Waals surface area contributed by atoms with Crippen LogP contribution in [0.2, 0.25) is 0 Å². The topological polar surface area (TPSA) is 71.5 Å². The summed E-state index contributed by atoms with van der Waals surface area (Å²) in [6.07, 6.45) is 1.27. The van der Waals surface area contributed by atoms with E-state index in [-0.39, 0.29) is 11.2 Å². The third-order valence-corrected chi connectivity index (χ3v) is 4.06. The van der Waals surface area contributed by atoms with Crippen LogP contribution in [-0.2, 0) is 11.3 Å². The van der Waals surface area contributed by atoms with Gasteiger partial charge in [0, 0.05) is 13.5 Å². The van der Waals surface area contributed by atoms with Crippen LogP contribution in [-0.4, -0.2) is 36.0 Å². The number of Topliss-reactive ketones (excluding diaryl/α,β-unsaturated/α-hetero) is 1. The zero-order chi connectivity index (χ0) is 14.2. The van der Waals surface area contributed by atoms with Crippen molar-refractivity contribution in [1.29, 1.82) is 0 Å². The Morgan fingerprint density at radius 3 is 2.79 bits per heavy atom. The monoisotopic (exact) mass is 283 g/mol. The Balaban J connectivity index is 2.19. The number of nitrogens with zero attached hydrogens (tertiary/aromatic N) is 2. The summed E-state index contributed by atoms with van der Waals surface area (Å²) in [6.45, 7) is 4.09. The molecule has 1 aromatic heterocycles. The molecule has 0 atom stereocenters. The lowest BCUT2D eigenvalue weighted by Gasteiger charge is -2.26. The third kappa shape index (κ3) is 2.93. The summed E-state index contributed by atoms with van der Waals surface area (Å²) in [4.78, 5) is 33.4. The van der Waals surface area contributed by atoms with E-state index in [1.54, 1.807) is 0 Å². The zero-order valence-electron chi connectivity index (χ0n) is 11.4. The molecule has 19 heavy (non-hydrogen) atoms. The summed E-state index contributed by atoms with van der Waals surface area (Å²) >= 11 is 1.23. The Labute approximate surface area is 115 Å². The quantitative estimate of drug-likeness (QED) is 0.845. The van der Waals surface area contributed by atoms with Crippen LogP contribution in [0.15, 0.2) is 0 Å². The van der Waals surface area contributed by atoms with Gasteiger partial charge in [0.25, 0.3) is 0 Å². The Bertz CT molecular complexity index is 524. The minimum absolute atomic E-state index is 0.0667. The number of ketones is 1. The molecule has 0 spiro atoms. The highest BCUT2D eigenvalue weighted by atomic mass is 32.1. The molecule has 0 fully saturated rings. The first-order valence-corrected chi connectivity index (χ1v) is 6.76. The molecule has 0 aromatic carbocycles. The molecule has 2 rings (SSSR count). The minimum Gasteiger partial charge on any atom is -0.293 e. The fourth-order valence-corrected chi connectivity index (χ4v) is 2.94. The van der Waals surface area contributed by atoms with Crippen LogP contribution in [0.3, 0.4) is 0 Å². The second kappa shape index (κ2) is 4.90. The number of anilines is 1. The second-order valence-electron chi connectivity index (χ2n) is 5.35. The van der Waals surface area contributed by atoms with Gasteiger partial charge in [0.2, 0.25) is 0 Å². The number of hydroxylamine groups is 2. The molecular weight excluding hydrogens is 266 g/mol. The van der Waals surface area contributed by atoms with Gasteiger partial charge >= 0.3 is 6.03 Å². The Hall–Kier alpha value is -1.47. The molecule has 1 aliphatic rings. The molecule has 0 saturated carbocycles. The van der Waals surface area contributed by atoms with Gasteiger partial charge in [-0.15, -0.1) is 0 Å². The second-order valence-corrected chi connectivity index (χ2v) is 6.35. The molecule has 2 amide bonds. The molecule has 104 valence electrons. The molecule has 6 nitrogen and oxygen atoms in total. The lowest BCUT2D eigenvalue weighted by atomic mass is 9.78. The first kappa shape index (κ1) is 14.0. The number of rotatable bonds is 2. The number of carbonyl (C=O) groups excluding carboxylic acids is 2. The molecule has 0 saturated heterocycles. The van der Waals surface area contributed by atoms with E-state index in [2.05, 4.69) is 10.3 Å². The number of thiazole rings is 1. The van der Waals surface area contributed by atoms with Crippen LogP contribution in [0.1, 0.15) is 35.6 Å². The van der Waals surface area contributed by atoms with Crippen molar-refractivity contribution in [2.45, 2.75) is 26.7 Å². The van der Waals surface area contributed by atoms with Crippen molar-refractivity contribution in [2.75, 3.05) is 19.5 Å². The van der Waals surface area contributed by atoms with Gasteiger partial charge in [-0.2, -0.15) is 0 Å². The van der Waals surface area contributed by atoms with E-state index in [4.69, 9.17) is 4.84 Å². The highest BCUT2D eigenvalue weighted by Crippen LogP contribution is 2.38. The van der Waals surface area contributed by atoms with Crippen molar-refractivity contribution in [1.82, 2.24) is 10.0 Å². The molecule has 1 N–H and O–H groups in total. The summed E-state index contributed by atoms with van der Waals surface area (Å²) < 4.78 is 0.